The Labute approximate surface area is 196 Å². The lowest BCUT2D eigenvalue weighted by Gasteiger charge is -2.40. The maximum Gasteiger partial charge on any atom is 0.266 e. The molecule has 1 fully saturated rings. The van der Waals surface area contributed by atoms with E-state index in [9.17, 15) is 14.4 Å². The number of carbonyl (C=O) groups excluding carboxylic acids is 3. The van der Waals surface area contributed by atoms with Crippen molar-refractivity contribution in [3.63, 3.8) is 0 Å². The molecule has 0 aliphatic carbocycles. The Hall–Kier alpha value is -4.14. The number of nitrogens with one attached hydrogen (secondary N) is 2. The number of ether oxygens (including phenoxy) is 1. The fraction of sp³-hybridized carbons (Fsp3) is 0.280. The molecule has 0 spiro atoms. The van der Waals surface area contributed by atoms with Crippen LogP contribution in [0.5, 0.6) is 5.75 Å². The van der Waals surface area contributed by atoms with Crippen molar-refractivity contribution in [1.82, 2.24) is 20.2 Å². The maximum atomic E-state index is 13.1. The number of aromatic nitrogens is 1. The first kappa shape index (κ1) is 21.7. The van der Waals surface area contributed by atoms with Gasteiger partial charge in [0, 0.05) is 29.6 Å². The summed E-state index contributed by atoms with van der Waals surface area (Å²) >= 11 is 0. The van der Waals surface area contributed by atoms with Crippen molar-refractivity contribution in [2.24, 2.45) is 5.10 Å². The van der Waals surface area contributed by atoms with Crippen molar-refractivity contribution >= 4 is 34.8 Å². The number of para-hydroxylation sites is 1. The van der Waals surface area contributed by atoms with Crippen molar-refractivity contribution in [3.05, 3.63) is 65.4 Å². The number of piperazine rings is 1. The Bertz CT molecular complexity index is 1280. The fourth-order valence-corrected chi connectivity index (χ4v) is 4.55. The van der Waals surface area contributed by atoms with Gasteiger partial charge in [0.05, 0.1) is 13.7 Å². The zero-order chi connectivity index (χ0) is 23.7. The van der Waals surface area contributed by atoms with Crippen molar-refractivity contribution in [1.29, 1.82) is 0 Å². The summed E-state index contributed by atoms with van der Waals surface area (Å²) < 4.78 is 5.14. The predicted octanol–water partition coefficient (Wildman–Crippen LogP) is 1.62. The second-order valence-electron chi connectivity index (χ2n) is 8.40. The Morgan fingerprint density at radius 3 is 2.76 bits per heavy atom. The van der Waals surface area contributed by atoms with Gasteiger partial charge in [-0.25, -0.2) is 5.01 Å². The van der Waals surface area contributed by atoms with Gasteiger partial charge in [-0.3, -0.25) is 14.4 Å². The van der Waals surface area contributed by atoms with Gasteiger partial charge < -0.3 is 19.9 Å². The summed E-state index contributed by atoms with van der Waals surface area (Å²) in [6.45, 7) is 0.604. The number of nitrogens with zero attached hydrogens (tertiary/aromatic N) is 3. The van der Waals surface area contributed by atoms with Crippen molar-refractivity contribution in [2.45, 2.75) is 25.4 Å². The van der Waals surface area contributed by atoms with Crippen LogP contribution in [0.1, 0.15) is 16.8 Å². The van der Waals surface area contributed by atoms with E-state index in [-0.39, 0.29) is 18.4 Å². The number of benzene rings is 2. The molecule has 2 aromatic carbocycles. The van der Waals surface area contributed by atoms with Crippen molar-refractivity contribution in [3.8, 4) is 5.75 Å². The molecule has 34 heavy (non-hydrogen) atoms. The molecule has 1 aromatic heterocycles. The van der Waals surface area contributed by atoms with Crippen LogP contribution >= 0.6 is 0 Å². The molecule has 5 rings (SSSR count). The normalized spacial score (nSPS) is 17.7. The van der Waals surface area contributed by atoms with Gasteiger partial charge in [-0.1, -0.05) is 30.3 Å². The van der Waals surface area contributed by atoms with Crippen LogP contribution in [0.3, 0.4) is 0 Å². The van der Waals surface area contributed by atoms with E-state index in [1.807, 2.05) is 48.5 Å². The van der Waals surface area contributed by atoms with Gasteiger partial charge in [0.2, 0.25) is 5.91 Å². The molecule has 174 valence electrons. The van der Waals surface area contributed by atoms with E-state index in [0.717, 1.165) is 44.7 Å². The van der Waals surface area contributed by atoms with Crippen LogP contribution in [-0.2, 0) is 33.8 Å². The van der Waals surface area contributed by atoms with Crippen LogP contribution in [0.25, 0.3) is 10.9 Å². The molecule has 0 saturated carbocycles. The summed E-state index contributed by atoms with van der Waals surface area (Å²) in [7, 11) is 1.61. The topological polar surface area (TPSA) is 107 Å². The van der Waals surface area contributed by atoms with Gasteiger partial charge in [0.25, 0.3) is 11.8 Å². The minimum absolute atomic E-state index is 0.180. The van der Waals surface area contributed by atoms with Crippen LogP contribution < -0.4 is 10.1 Å². The highest BCUT2D eigenvalue weighted by molar-refractivity contribution is 6.26. The van der Waals surface area contributed by atoms with Gasteiger partial charge >= 0.3 is 0 Å². The zero-order valence-corrected chi connectivity index (χ0v) is 18.8. The van der Waals surface area contributed by atoms with E-state index < -0.39 is 11.9 Å². The Morgan fingerprint density at radius 1 is 1.18 bits per heavy atom. The molecule has 2 aliphatic heterocycles. The molecule has 9 nitrogen and oxygen atoms in total. The third-order valence-electron chi connectivity index (χ3n) is 6.34. The summed E-state index contributed by atoms with van der Waals surface area (Å²) in [6.07, 6.45) is 2.13. The molecular weight excluding hydrogens is 434 g/mol. The molecule has 3 heterocycles. The molecule has 3 aromatic rings. The van der Waals surface area contributed by atoms with Gasteiger partial charge in [0.1, 0.15) is 24.6 Å². The number of aromatic amines is 1. The number of amides is 3. The second kappa shape index (κ2) is 9.01. The highest BCUT2D eigenvalue weighted by Crippen LogP contribution is 2.32. The van der Waals surface area contributed by atoms with Gasteiger partial charge in [0.15, 0.2) is 0 Å². The third kappa shape index (κ3) is 4.12. The monoisotopic (exact) mass is 459 g/mol. The highest BCUT2D eigenvalue weighted by atomic mass is 16.5. The number of methoxy groups -OCH3 is 1. The molecule has 0 bridgehead atoms. The van der Waals surface area contributed by atoms with E-state index >= 15 is 0 Å². The number of hydrazone groups is 1. The van der Waals surface area contributed by atoms with Gasteiger partial charge in [-0.15, -0.1) is 0 Å². The first-order valence-electron chi connectivity index (χ1n) is 11.2. The lowest BCUT2D eigenvalue weighted by Crippen LogP contribution is -2.60. The van der Waals surface area contributed by atoms with Crippen LogP contribution in [-0.4, -0.2) is 65.1 Å². The molecule has 0 unspecified atom stereocenters. The number of H-pyrrole nitrogens is 1. The Kier molecular flexibility index (Phi) is 5.75. The zero-order valence-electron chi connectivity index (χ0n) is 18.8. The lowest BCUT2D eigenvalue weighted by atomic mass is 9.94. The molecule has 9 heteroatoms. The maximum absolute atomic E-state index is 13.1. The molecule has 3 amide bonds. The van der Waals surface area contributed by atoms with Crippen molar-refractivity contribution in [2.75, 3.05) is 20.2 Å². The molecular formula is C25H25N5O4. The number of fused-ring (bicyclic) bond motifs is 4. The molecule has 0 radical (unpaired) electrons. The van der Waals surface area contributed by atoms with Crippen LogP contribution in [0.15, 0.2) is 53.6 Å². The molecule has 2 aliphatic rings. The van der Waals surface area contributed by atoms with Crippen LogP contribution in [0.4, 0.5) is 0 Å². The lowest BCUT2D eigenvalue weighted by molar-refractivity contribution is -0.157. The van der Waals surface area contributed by atoms with E-state index in [2.05, 4.69) is 15.4 Å². The predicted molar refractivity (Wildman–Crippen MR) is 126 cm³/mol. The number of hydrogen-bond acceptors (Lipinski definition) is 5. The third-order valence-corrected chi connectivity index (χ3v) is 6.34. The summed E-state index contributed by atoms with van der Waals surface area (Å²) in [5.41, 5.74) is 4.07. The summed E-state index contributed by atoms with van der Waals surface area (Å²) in [4.78, 5) is 43.0. The smallest absolute Gasteiger partial charge is 0.266 e. The SMILES string of the molecule is COc1ccc(CCNC(=O)/C=N/N2CC(=O)N3Cc4[nH]c5ccccc5c4C[C@H]3C2=O)cc1. The van der Waals surface area contributed by atoms with E-state index in [4.69, 9.17) is 4.74 Å². The molecule has 1 atom stereocenters. The number of carbonyl (C=O) groups is 3. The Morgan fingerprint density at radius 2 is 1.97 bits per heavy atom. The average molecular weight is 460 g/mol. The standard InChI is InChI=1S/C25H25N5O4/c1-34-17-8-6-16(7-9-17)10-11-26-23(31)13-27-30-15-24(32)29-14-21-19(12-22(29)25(30)33)18-4-2-3-5-20(18)28-21/h2-9,13,22,28H,10-12,14-15H2,1H3,(H,26,31)/b27-13+/t22-/m0/s1. The summed E-state index contributed by atoms with van der Waals surface area (Å²) in [6, 6.07) is 14.9. The van der Waals surface area contributed by atoms with E-state index in [0.29, 0.717) is 25.9 Å². The number of rotatable bonds is 6. The van der Waals surface area contributed by atoms with Gasteiger partial charge in [-0.2, -0.15) is 5.10 Å². The summed E-state index contributed by atoms with van der Waals surface area (Å²) in [5, 5.41) is 8.96. The highest BCUT2D eigenvalue weighted by Gasteiger charge is 2.43. The Balaban J connectivity index is 1.21. The average Bonchev–Trinajstić information content (AvgIpc) is 3.22. The quantitative estimate of drug-likeness (QED) is 0.546. The minimum Gasteiger partial charge on any atom is -0.497 e. The summed E-state index contributed by atoms with van der Waals surface area (Å²) in [5.74, 6) is -0.111. The van der Waals surface area contributed by atoms with Crippen LogP contribution in [0.2, 0.25) is 0 Å². The van der Waals surface area contributed by atoms with Crippen molar-refractivity contribution < 1.29 is 19.1 Å². The van der Waals surface area contributed by atoms with E-state index in [1.165, 1.54) is 0 Å². The second-order valence-corrected chi connectivity index (χ2v) is 8.40. The minimum atomic E-state index is -0.622. The first-order valence-corrected chi connectivity index (χ1v) is 11.2. The first-order chi connectivity index (χ1) is 16.5. The van der Waals surface area contributed by atoms with Gasteiger partial charge in [-0.05, 0) is 35.7 Å². The molecule has 2 N–H and O–H groups in total. The largest absolute Gasteiger partial charge is 0.497 e. The fourth-order valence-electron chi connectivity index (χ4n) is 4.55. The number of hydrogen-bond donors (Lipinski definition) is 2. The molecule has 1 saturated heterocycles. The van der Waals surface area contributed by atoms with E-state index in [1.54, 1.807) is 12.0 Å². The van der Waals surface area contributed by atoms with Crippen LogP contribution in [0, 0.1) is 0 Å².